The van der Waals surface area contributed by atoms with E-state index in [0.29, 0.717) is 0 Å². The molecule has 2 bridgehead atoms. The largest absolute Gasteiger partial charge is 0.388 e. The van der Waals surface area contributed by atoms with Gasteiger partial charge in [0.1, 0.15) is 24.4 Å². The van der Waals surface area contributed by atoms with Crippen LogP contribution in [0.15, 0.2) is 0 Å². The molecule has 2 aliphatic heterocycles. The minimum Gasteiger partial charge on any atom is -0.388 e. The van der Waals surface area contributed by atoms with Crippen LogP contribution < -0.4 is 0 Å². The highest BCUT2D eigenvalue weighted by atomic mass is 16.7. The fraction of sp³-hybridized carbons (Fsp3) is 1.00. The van der Waals surface area contributed by atoms with Crippen molar-refractivity contribution < 1.29 is 24.8 Å². The van der Waals surface area contributed by atoms with Gasteiger partial charge in [-0.2, -0.15) is 0 Å². The minimum absolute atomic E-state index is 0.115. The van der Waals surface area contributed by atoms with E-state index in [1.807, 2.05) is 0 Å². The average Bonchev–Trinajstić information content (AvgIpc) is 2.24. The SMILES string of the molecule is O[C@@H]1[C@H]2OC(OC[C@H]2O)[C@H]1O. The molecule has 5 nitrogen and oxygen atoms in total. The van der Waals surface area contributed by atoms with Crippen LogP contribution >= 0.6 is 0 Å². The van der Waals surface area contributed by atoms with Gasteiger partial charge in [0.15, 0.2) is 6.29 Å². The van der Waals surface area contributed by atoms with Gasteiger partial charge >= 0.3 is 0 Å². The smallest absolute Gasteiger partial charge is 0.186 e. The monoisotopic (exact) mass is 162 g/mol. The Balaban J connectivity index is 2.16. The maximum Gasteiger partial charge on any atom is 0.186 e. The molecule has 0 amide bonds. The van der Waals surface area contributed by atoms with Crippen LogP contribution in [-0.2, 0) is 9.47 Å². The van der Waals surface area contributed by atoms with Gasteiger partial charge in [-0.05, 0) is 0 Å². The van der Waals surface area contributed by atoms with Gasteiger partial charge in [0.25, 0.3) is 0 Å². The van der Waals surface area contributed by atoms with Crippen LogP contribution in [-0.4, -0.2) is 52.6 Å². The number of ether oxygens (including phenoxy) is 2. The standard InChI is InChI=1S/C6H10O5/c7-2-1-10-6-4(9)3(8)5(2)11-6/h2-9H,1H2/t2-,3+,4+,5+,6?/m1/s1. The van der Waals surface area contributed by atoms with E-state index in [1.54, 1.807) is 0 Å². The van der Waals surface area contributed by atoms with Crippen molar-refractivity contribution in [2.45, 2.75) is 30.7 Å². The van der Waals surface area contributed by atoms with Crippen molar-refractivity contribution in [2.75, 3.05) is 6.61 Å². The number of fused-ring (bicyclic) bond motifs is 2. The van der Waals surface area contributed by atoms with Crippen LogP contribution in [0.3, 0.4) is 0 Å². The van der Waals surface area contributed by atoms with Gasteiger partial charge in [0.05, 0.1) is 6.61 Å². The number of rotatable bonds is 0. The first-order chi connectivity index (χ1) is 5.20. The highest BCUT2D eigenvalue weighted by molar-refractivity contribution is 4.93. The summed E-state index contributed by atoms with van der Waals surface area (Å²) in [7, 11) is 0. The van der Waals surface area contributed by atoms with Crippen molar-refractivity contribution in [1.29, 1.82) is 0 Å². The number of hydrogen-bond donors (Lipinski definition) is 3. The molecule has 3 N–H and O–H groups in total. The second-order valence-electron chi connectivity index (χ2n) is 2.85. The van der Waals surface area contributed by atoms with E-state index >= 15 is 0 Å². The average molecular weight is 162 g/mol. The summed E-state index contributed by atoms with van der Waals surface area (Å²) in [5.74, 6) is 0. The third-order valence-electron chi connectivity index (χ3n) is 2.07. The number of hydrogen-bond acceptors (Lipinski definition) is 5. The van der Waals surface area contributed by atoms with Crippen molar-refractivity contribution in [3.8, 4) is 0 Å². The Morgan fingerprint density at radius 2 is 1.82 bits per heavy atom. The lowest BCUT2D eigenvalue weighted by Gasteiger charge is -2.25. The summed E-state index contributed by atoms with van der Waals surface area (Å²) < 4.78 is 9.84. The molecule has 0 aromatic rings. The Hall–Kier alpha value is -0.200. The second-order valence-corrected chi connectivity index (χ2v) is 2.85. The molecule has 2 fully saturated rings. The van der Waals surface area contributed by atoms with E-state index in [2.05, 4.69) is 0 Å². The molecule has 64 valence electrons. The molecular weight excluding hydrogens is 152 g/mol. The van der Waals surface area contributed by atoms with Crippen LogP contribution in [0.1, 0.15) is 0 Å². The zero-order valence-corrected chi connectivity index (χ0v) is 5.75. The van der Waals surface area contributed by atoms with Crippen molar-refractivity contribution in [1.82, 2.24) is 0 Å². The summed E-state index contributed by atoms with van der Waals surface area (Å²) >= 11 is 0. The second kappa shape index (κ2) is 2.40. The lowest BCUT2D eigenvalue weighted by molar-refractivity contribution is -0.233. The lowest BCUT2D eigenvalue weighted by atomic mass is 10.1. The Labute approximate surface area is 63.2 Å². The molecule has 1 unspecified atom stereocenters. The lowest BCUT2D eigenvalue weighted by Crippen LogP contribution is -2.41. The van der Waals surface area contributed by atoms with Gasteiger partial charge in [-0.1, -0.05) is 0 Å². The molecule has 0 spiro atoms. The molecule has 2 heterocycles. The van der Waals surface area contributed by atoms with Crippen LogP contribution in [0, 0.1) is 0 Å². The molecule has 0 aromatic carbocycles. The molecule has 0 saturated carbocycles. The Morgan fingerprint density at radius 3 is 2.45 bits per heavy atom. The molecule has 5 atom stereocenters. The molecule has 11 heavy (non-hydrogen) atoms. The van der Waals surface area contributed by atoms with Gasteiger partial charge in [-0.25, -0.2) is 0 Å². The molecule has 5 heteroatoms. The van der Waals surface area contributed by atoms with Crippen molar-refractivity contribution in [2.24, 2.45) is 0 Å². The Morgan fingerprint density at radius 1 is 1.09 bits per heavy atom. The molecule has 0 aliphatic carbocycles. The first-order valence-corrected chi connectivity index (χ1v) is 3.51. The van der Waals surface area contributed by atoms with Crippen molar-refractivity contribution in [3.63, 3.8) is 0 Å². The van der Waals surface area contributed by atoms with Gasteiger partial charge in [-0.15, -0.1) is 0 Å². The van der Waals surface area contributed by atoms with Gasteiger partial charge in [-0.3, -0.25) is 0 Å². The third kappa shape index (κ3) is 0.969. The zero-order chi connectivity index (χ0) is 8.01. The highest BCUT2D eigenvalue weighted by Crippen LogP contribution is 2.28. The Kier molecular flexibility index (Phi) is 1.62. The molecule has 0 radical (unpaired) electrons. The highest BCUT2D eigenvalue weighted by Gasteiger charge is 2.50. The first-order valence-electron chi connectivity index (χ1n) is 3.51. The molecule has 2 saturated heterocycles. The first kappa shape index (κ1) is 7.45. The van der Waals surface area contributed by atoms with Crippen LogP contribution in [0.2, 0.25) is 0 Å². The topological polar surface area (TPSA) is 79.2 Å². The van der Waals surface area contributed by atoms with Crippen LogP contribution in [0.5, 0.6) is 0 Å². The van der Waals surface area contributed by atoms with Crippen LogP contribution in [0.25, 0.3) is 0 Å². The molecule has 2 aliphatic rings. The summed E-state index contributed by atoms with van der Waals surface area (Å²) in [4.78, 5) is 0. The van der Waals surface area contributed by atoms with Crippen molar-refractivity contribution in [3.05, 3.63) is 0 Å². The predicted molar refractivity (Wildman–Crippen MR) is 32.6 cm³/mol. The quantitative estimate of drug-likeness (QED) is 0.377. The minimum atomic E-state index is -1.03. The molecule has 2 rings (SSSR count). The van der Waals surface area contributed by atoms with Crippen LogP contribution in [0.4, 0.5) is 0 Å². The zero-order valence-electron chi connectivity index (χ0n) is 5.75. The summed E-state index contributed by atoms with van der Waals surface area (Å²) in [5, 5.41) is 27.6. The van der Waals surface area contributed by atoms with E-state index < -0.39 is 30.7 Å². The fourth-order valence-electron chi connectivity index (χ4n) is 1.42. The van der Waals surface area contributed by atoms with Gasteiger partial charge < -0.3 is 24.8 Å². The summed E-state index contributed by atoms with van der Waals surface area (Å²) in [6.07, 6.45) is -4.35. The van der Waals surface area contributed by atoms with E-state index in [4.69, 9.17) is 14.6 Å². The van der Waals surface area contributed by atoms with E-state index in [0.717, 1.165) is 0 Å². The van der Waals surface area contributed by atoms with Gasteiger partial charge in [0.2, 0.25) is 0 Å². The van der Waals surface area contributed by atoms with Crippen molar-refractivity contribution >= 4 is 0 Å². The number of aliphatic hydroxyl groups is 3. The molecule has 0 aromatic heterocycles. The van der Waals surface area contributed by atoms with Gasteiger partial charge in [0, 0.05) is 0 Å². The van der Waals surface area contributed by atoms with E-state index in [9.17, 15) is 10.2 Å². The Bertz CT molecular complexity index is 161. The maximum atomic E-state index is 9.22. The normalized spacial score (nSPS) is 56.5. The summed E-state index contributed by atoms with van der Waals surface area (Å²) in [6, 6.07) is 0. The maximum absolute atomic E-state index is 9.22. The fourth-order valence-corrected chi connectivity index (χ4v) is 1.42. The predicted octanol–water partition coefficient (Wildman–Crippen LogP) is -2.18. The summed E-state index contributed by atoms with van der Waals surface area (Å²) in [6.45, 7) is 0.115. The number of aliphatic hydroxyl groups excluding tert-OH is 3. The van der Waals surface area contributed by atoms with E-state index in [1.165, 1.54) is 0 Å². The molecular formula is C6H10O5. The third-order valence-corrected chi connectivity index (χ3v) is 2.07. The summed E-state index contributed by atoms with van der Waals surface area (Å²) in [5.41, 5.74) is 0. The van der Waals surface area contributed by atoms with E-state index in [-0.39, 0.29) is 6.61 Å².